The molecule has 15 heavy (non-hydrogen) atoms. The zero-order chi connectivity index (χ0) is 11.8. The fourth-order valence-electron chi connectivity index (χ4n) is 0.536. The van der Waals surface area contributed by atoms with Gasteiger partial charge in [-0.3, -0.25) is 0 Å². The Morgan fingerprint density at radius 1 is 1.00 bits per heavy atom. The largest absolute Gasteiger partial charge is 0.459 e. The molecule has 0 saturated heterocycles. The first-order valence-corrected chi connectivity index (χ1v) is 3.17. The molecule has 0 amide bonds. The third-order valence-corrected chi connectivity index (χ3v) is 1.44. The molecule has 0 aromatic rings. The summed E-state index contributed by atoms with van der Waals surface area (Å²) in [7, 11) is 0. The molecule has 0 bridgehead atoms. The second kappa shape index (κ2) is 4.71. The molecule has 0 unspecified atom stereocenters. The molecule has 0 aliphatic heterocycles. The Morgan fingerprint density at radius 2 is 1.33 bits per heavy atom. The summed E-state index contributed by atoms with van der Waals surface area (Å²) in [5.41, 5.74) is 4.25. The smallest absolute Gasteiger partial charge is 0.395 e. The Morgan fingerprint density at radius 3 is 1.53 bits per heavy atom. The van der Waals surface area contributed by atoms with Crippen LogP contribution in [0.1, 0.15) is 0 Å². The predicted molar refractivity (Wildman–Crippen MR) is 38.3 cm³/mol. The zero-order valence-electron chi connectivity index (χ0n) is 6.86. The standard InChI is InChI=1S/C5H6F7NO.ClH/c6-3(7,2(13)1-14)4(8,9)5(10,11)12;/h2,14H,1,13H2;1H/t2-;/m1./s1. The fraction of sp³-hybridized carbons (Fsp3) is 1.00. The second-order valence-corrected chi connectivity index (χ2v) is 2.48. The summed E-state index contributed by atoms with van der Waals surface area (Å²) in [6.45, 7) is -1.68. The lowest BCUT2D eigenvalue weighted by Crippen LogP contribution is -2.61. The minimum absolute atomic E-state index is 0. The van der Waals surface area contributed by atoms with Gasteiger partial charge in [-0.2, -0.15) is 30.7 Å². The normalized spacial score (nSPS) is 15.8. The first-order chi connectivity index (χ1) is 5.98. The Bertz CT molecular complexity index is 206. The van der Waals surface area contributed by atoms with Crippen LogP contribution in [0.25, 0.3) is 0 Å². The van der Waals surface area contributed by atoms with E-state index in [-0.39, 0.29) is 12.4 Å². The van der Waals surface area contributed by atoms with E-state index in [2.05, 4.69) is 5.73 Å². The Balaban J connectivity index is 0. The maximum absolute atomic E-state index is 12.3. The quantitative estimate of drug-likeness (QED) is 0.761. The molecular weight excluding hydrogens is 258 g/mol. The highest BCUT2D eigenvalue weighted by Crippen LogP contribution is 2.47. The monoisotopic (exact) mass is 265 g/mol. The zero-order valence-corrected chi connectivity index (χ0v) is 7.68. The van der Waals surface area contributed by atoms with Crippen molar-refractivity contribution < 1.29 is 35.8 Å². The molecule has 0 aromatic carbocycles. The Labute approximate surface area is 85.6 Å². The van der Waals surface area contributed by atoms with Crippen LogP contribution in [-0.4, -0.2) is 35.8 Å². The van der Waals surface area contributed by atoms with Crippen LogP contribution in [0, 0.1) is 0 Å². The lowest BCUT2D eigenvalue weighted by molar-refractivity contribution is -0.359. The van der Waals surface area contributed by atoms with Gasteiger partial charge >= 0.3 is 18.0 Å². The molecular formula is C5H7ClF7NO. The van der Waals surface area contributed by atoms with Crippen molar-refractivity contribution in [2.75, 3.05) is 6.61 Å². The Hall–Kier alpha value is -0.280. The van der Waals surface area contributed by atoms with Crippen molar-refractivity contribution in [1.29, 1.82) is 0 Å². The highest BCUT2D eigenvalue weighted by Gasteiger charge is 2.74. The van der Waals surface area contributed by atoms with Gasteiger partial charge in [-0.05, 0) is 0 Å². The van der Waals surface area contributed by atoms with E-state index in [1.165, 1.54) is 0 Å². The summed E-state index contributed by atoms with van der Waals surface area (Å²) in [4.78, 5) is 0. The van der Waals surface area contributed by atoms with Gasteiger partial charge in [0, 0.05) is 0 Å². The molecule has 94 valence electrons. The number of aliphatic hydroxyl groups excluding tert-OH is 1. The molecule has 0 radical (unpaired) electrons. The molecule has 0 aliphatic carbocycles. The van der Waals surface area contributed by atoms with E-state index < -0.39 is 30.7 Å². The number of alkyl halides is 7. The molecule has 2 nitrogen and oxygen atoms in total. The molecule has 0 fully saturated rings. The van der Waals surface area contributed by atoms with Crippen LogP contribution in [0.2, 0.25) is 0 Å². The van der Waals surface area contributed by atoms with Crippen molar-refractivity contribution in [2.24, 2.45) is 5.73 Å². The predicted octanol–water partition coefficient (Wildman–Crippen LogP) is 1.56. The third-order valence-electron chi connectivity index (χ3n) is 1.44. The molecule has 3 N–H and O–H groups in total. The van der Waals surface area contributed by atoms with Crippen LogP contribution in [0.4, 0.5) is 30.7 Å². The van der Waals surface area contributed by atoms with Gasteiger partial charge < -0.3 is 10.8 Å². The third kappa shape index (κ3) is 2.85. The van der Waals surface area contributed by atoms with Crippen LogP contribution in [0.3, 0.4) is 0 Å². The summed E-state index contributed by atoms with van der Waals surface area (Å²) in [6, 6.07) is -2.97. The maximum atomic E-state index is 12.3. The number of hydrogen-bond donors (Lipinski definition) is 2. The maximum Gasteiger partial charge on any atom is 0.459 e. The van der Waals surface area contributed by atoms with Crippen molar-refractivity contribution in [1.82, 2.24) is 0 Å². The number of rotatable bonds is 3. The van der Waals surface area contributed by atoms with E-state index >= 15 is 0 Å². The molecule has 10 heteroatoms. The SMILES string of the molecule is Cl.N[C@H](CO)C(F)(F)C(F)(F)C(F)(F)F. The average Bonchev–Trinajstić information content (AvgIpc) is 2.00. The van der Waals surface area contributed by atoms with Gasteiger partial charge in [0.05, 0.1) is 12.6 Å². The minimum Gasteiger partial charge on any atom is -0.395 e. The lowest BCUT2D eigenvalue weighted by atomic mass is 10.0. The van der Waals surface area contributed by atoms with E-state index in [1.54, 1.807) is 0 Å². The lowest BCUT2D eigenvalue weighted by Gasteiger charge is -2.31. The number of hydrogen-bond acceptors (Lipinski definition) is 2. The summed E-state index contributed by atoms with van der Waals surface area (Å²) < 4.78 is 83.2. The number of aliphatic hydroxyl groups is 1. The van der Waals surface area contributed by atoms with E-state index in [4.69, 9.17) is 5.11 Å². The summed E-state index contributed by atoms with van der Waals surface area (Å²) in [6.07, 6.45) is -6.41. The molecule has 0 heterocycles. The fourth-order valence-corrected chi connectivity index (χ4v) is 0.536. The van der Waals surface area contributed by atoms with Crippen LogP contribution in [0.15, 0.2) is 0 Å². The number of halogens is 8. The summed E-state index contributed by atoms with van der Waals surface area (Å²) in [5.74, 6) is -11.8. The van der Waals surface area contributed by atoms with Crippen LogP contribution in [0.5, 0.6) is 0 Å². The van der Waals surface area contributed by atoms with Crippen LogP contribution >= 0.6 is 12.4 Å². The first-order valence-electron chi connectivity index (χ1n) is 3.17. The molecule has 0 aliphatic rings. The van der Waals surface area contributed by atoms with Crippen molar-refractivity contribution in [2.45, 2.75) is 24.1 Å². The van der Waals surface area contributed by atoms with Gasteiger partial charge in [0.25, 0.3) is 0 Å². The van der Waals surface area contributed by atoms with E-state index in [1.807, 2.05) is 0 Å². The van der Waals surface area contributed by atoms with E-state index in [9.17, 15) is 30.7 Å². The topological polar surface area (TPSA) is 46.2 Å². The first kappa shape index (κ1) is 17.1. The van der Waals surface area contributed by atoms with Crippen LogP contribution in [-0.2, 0) is 0 Å². The highest BCUT2D eigenvalue weighted by molar-refractivity contribution is 5.85. The van der Waals surface area contributed by atoms with E-state index in [0.29, 0.717) is 0 Å². The number of nitrogens with two attached hydrogens (primary N) is 1. The molecule has 0 rings (SSSR count). The van der Waals surface area contributed by atoms with Gasteiger partial charge in [-0.15, -0.1) is 12.4 Å². The molecule has 0 spiro atoms. The minimum atomic E-state index is -6.41. The summed E-state index contributed by atoms with van der Waals surface area (Å²) >= 11 is 0. The van der Waals surface area contributed by atoms with Gasteiger partial charge in [-0.1, -0.05) is 0 Å². The molecule has 1 atom stereocenters. The second-order valence-electron chi connectivity index (χ2n) is 2.48. The molecule has 0 saturated carbocycles. The van der Waals surface area contributed by atoms with E-state index in [0.717, 1.165) is 0 Å². The Kier molecular flexibility index (Phi) is 5.37. The van der Waals surface area contributed by atoms with Crippen molar-refractivity contribution in [3.63, 3.8) is 0 Å². The van der Waals surface area contributed by atoms with Gasteiger partial charge in [-0.25, -0.2) is 0 Å². The summed E-state index contributed by atoms with van der Waals surface area (Å²) in [5, 5.41) is 7.99. The van der Waals surface area contributed by atoms with Gasteiger partial charge in [0.2, 0.25) is 0 Å². The van der Waals surface area contributed by atoms with Gasteiger partial charge in [0.15, 0.2) is 0 Å². The van der Waals surface area contributed by atoms with Crippen molar-refractivity contribution in [3.8, 4) is 0 Å². The molecule has 0 aromatic heterocycles. The van der Waals surface area contributed by atoms with Gasteiger partial charge in [0.1, 0.15) is 0 Å². The highest BCUT2D eigenvalue weighted by atomic mass is 35.5. The van der Waals surface area contributed by atoms with Crippen LogP contribution < -0.4 is 5.73 Å². The van der Waals surface area contributed by atoms with Crippen molar-refractivity contribution >= 4 is 12.4 Å². The van der Waals surface area contributed by atoms with Crippen molar-refractivity contribution in [3.05, 3.63) is 0 Å². The average molecular weight is 266 g/mol.